The van der Waals surface area contributed by atoms with E-state index in [2.05, 4.69) is 26.9 Å². The lowest BCUT2D eigenvalue weighted by atomic mass is 9.84. The number of likely N-dealkylation sites (N-methyl/N-ethyl adjacent to an activating group) is 1. The van der Waals surface area contributed by atoms with Crippen molar-refractivity contribution in [2.24, 2.45) is 0 Å². The van der Waals surface area contributed by atoms with Gasteiger partial charge in [-0.25, -0.2) is 0 Å². The molecule has 2 heterocycles. The van der Waals surface area contributed by atoms with Crippen LogP contribution in [0.15, 0.2) is 30.3 Å². The molecule has 1 aromatic carbocycles. The Bertz CT molecular complexity index is 690. The maximum Gasteiger partial charge on any atom is 0.246 e. The van der Waals surface area contributed by atoms with E-state index in [0.717, 1.165) is 11.6 Å². The van der Waals surface area contributed by atoms with Crippen LogP contribution in [0.3, 0.4) is 0 Å². The van der Waals surface area contributed by atoms with Gasteiger partial charge in [0.1, 0.15) is 11.9 Å². The minimum absolute atomic E-state index is 0.164. The molecule has 0 unspecified atom stereocenters. The molecular formula is C17H20N4O. The quantitative estimate of drug-likeness (QED) is 0.873. The average Bonchev–Trinajstić information content (AvgIpc) is 2.86. The van der Waals surface area contributed by atoms with Gasteiger partial charge in [-0.1, -0.05) is 36.8 Å². The predicted octanol–water partition coefficient (Wildman–Crippen LogP) is 2.30. The van der Waals surface area contributed by atoms with Crippen molar-refractivity contribution in [1.82, 2.24) is 19.7 Å². The molecule has 5 heteroatoms. The summed E-state index contributed by atoms with van der Waals surface area (Å²) in [5.74, 6) is 2.58. The number of fused-ring (bicyclic) bond motifs is 1. The van der Waals surface area contributed by atoms with Gasteiger partial charge < -0.3 is 9.47 Å². The minimum atomic E-state index is -0.207. The van der Waals surface area contributed by atoms with Crippen molar-refractivity contribution in [3.8, 4) is 0 Å². The monoisotopic (exact) mass is 296 g/mol. The molecule has 1 saturated carbocycles. The summed E-state index contributed by atoms with van der Waals surface area (Å²) in [6, 6.07) is 9.99. The van der Waals surface area contributed by atoms with E-state index in [0.29, 0.717) is 18.9 Å². The van der Waals surface area contributed by atoms with Crippen LogP contribution in [0.2, 0.25) is 0 Å². The van der Waals surface area contributed by atoms with Crippen LogP contribution in [0.4, 0.5) is 0 Å². The third kappa shape index (κ3) is 2.12. The number of hydrogen-bond donors (Lipinski definition) is 0. The van der Waals surface area contributed by atoms with Crippen molar-refractivity contribution in [3.63, 3.8) is 0 Å². The first-order valence-electron chi connectivity index (χ1n) is 7.96. The molecule has 1 aliphatic heterocycles. The van der Waals surface area contributed by atoms with E-state index in [1.807, 2.05) is 25.2 Å². The van der Waals surface area contributed by atoms with Crippen LogP contribution in [-0.2, 0) is 17.8 Å². The van der Waals surface area contributed by atoms with Crippen LogP contribution in [0.5, 0.6) is 0 Å². The molecule has 0 radical (unpaired) electrons. The van der Waals surface area contributed by atoms with Crippen LogP contribution in [0.1, 0.15) is 48.4 Å². The smallest absolute Gasteiger partial charge is 0.246 e. The fraction of sp³-hybridized carbons (Fsp3) is 0.471. The highest BCUT2D eigenvalue weighted by Crippen LogP contribution is 2.38. The Labute approximate surface area is 130 Å². The molecular weight excluding hydrogens is 276 g/mol. The summed E-state index contributed by atoms with van der Waals surface area (Å²) in [7, 11) is 1.85. The lowest BCUT2D eigenvalue weighted by Crippen LogP contribution is -2.42. The minimum Gasteiger partial charge on any atom is -0.336 e. The molecule has 1 amide bonds. The summed E-state index contributed by atoms with van der Waals surface area (Å²) in [6.07, 6.45) is 4.29. The van der Waals surface area contributed by atoms with Crippen LogP contribution in [0, 0.1) is 0 Å². The molecule has 2 aromatic rings. The first-order chi connectivity index (χ1) is 10.7. The Morgan fingerprint density at radius 2 is 1.95 bits per heavy atom. The van der Waals surface area contributed by atoms with Gasteiger partial charge in [-0.3, -0.25) is 4.79 Å². The second-order valence-corrected chi connectivity index (χ2v) is 6.37. The van der Waals surface area contributed by atoms with E-state index < -0.39 is 0 Å². The highest BCUT2D eigenvalue weighted by Gasteiger charge is 2.37. The van der Waals surface area contributed by atoms with E-state index in [-0.39, 0.29) is 11.9 Å². The molecule has 1 aromatic heterocycles. The van der Waals surface area contributed by atoms with Gasteiger partial charge in [-0.15, -0.1) is 10.2 Å². The molecule has 114 valence electrons. The van der Waals surface area contributed by atoms with E-state index in [9.17, 15) is 4.79 Å². The maximum absolute atomic E-state index is 12.7. The van der Waals surface area contributed by atoms with Crippen LogP contribution in [-0.4, -0.2) is 32.6 Å². The summed E-state index contributed by atoms with van der Waals surface area (Å²) in [4.78, 5) is 14.5. The Kier molecular flexibility index (Phi) is 3.21. The zero-order chi connectivity index (χ0) is 15.1. The van der Waals surface area contributed by atoms with Gasteiger partial charge in [0.2, 0.25) is 5.91 Å². The summed E-state index contributed by atoms with van der Waals surface area (Å²) in [6.45, 7) is 0.559. The number of amides is 1. The molecule has 2 aliphatic rings. The fourth-order valence-corrected chi connectivity index (χ4v) is 3.40. The average molecular weight is 296 g/mol. The Morgan fingerprint density at radius 3 is 2.64 bits per heavy atom. The zero-order valence-electron chi connectivity index (χ0n) is 12.8. The molecule has 0 saturated heterocycles. The Morgan fingerprint density at radius 1 is 1.18 bits per heavy atom. The number of carbonyl (C=O) groups is 1. The first-order valence-corrected chi connectivity index (χ1v) is 7.96. The highest BCUT2D eigenvalue weighted by molar-refractivity contribution is 5.81. The third-order valence-corrected chi connectivity index (χ3v) is 4.89. The number of hydrogen-bond acceptors (Lipinski definition) is 3. The topological polar surface area (TPSA) is 51.0 Å². The van der Waals surface area contributed by atoms with Crippen LogP contribution in [0.25, 0.3) is 0 Å². The van der Waals surface area contributed by atoms with Gasteiger partial charge in [0.15, 0.2) is 5.82 Å². The molecule has 22 heavy (non-hydrogen) atoms. The SMILES string of the molecule is CN1Cc2nnc(C3CCC3)n2[C@@H](Cc2ccccc2)C1=O. The molecule has 1 fully saturated rings. The lowest BCUT2D eigenvalue weighted by Gasteiger charge is -2.34. The summed E-state index contributed by atoms with van der Waals surface area (Å²) < 4.78 is 2.12. The fourth-order valence-electron chi connectivity index (χ4n) is 3.40. The second kappa shape index (κ2) is 5.23. The van der Waals surface area contributed by atoms with Gasteiger partial charge in [0.05, 0.1) is 6.54 Å². The van der Waals surface area contributed by atoms with E-state index in [1.54, 1.807) is 4.90 Å². The summed E-state index contributed by atoms with van der Waals surface area (Å²) in [5, 5.41) is 8.77. The number of rotatable bonds is 3. The van der Waals surface area contributed by atoms with Gasteiger partial charge >= 0.3 is 0 Å². The molecule has 4 rings (SSSR count). The zero-order valence-corrected chi connectivity index (χ0v) is 12.8. The molecule has 1 atom stereocenters. The third-order valence-electron chi connectivity index (χ3n) is 4.89. The predicted molar refractivity (Wildman–Crippen MR) is 82.3 cm³/mol. The molecule has 5 nitrogen and oxygen atoms in total. The number of carbonyl (C=O) groups excluding carboxylic acids is 1. The van der Waals surface area contributed by atoms with E-state index in [1.165, 1.54) is 24.8 Å². The van der Waals surface area contributed by atoms with Crippen molar-refractivity contribution in [3.05, 3.63) is 47.5 Å². The van der Waals surface area contributed by atoms with Crippen LogP contribution >= 0.6 is 0 Å². The summed E-state index contributed by atoms with van der Waals surface area (Å²) >= 11 is 0. The Hall–Kier alpha value is -2.17. The first kappa shape index (κ1) is 13.5. The molecule has 0 bridgehead atoms. The standard InChI is InChI=1S/C17H20N4O/c1-20-11-15-18-19-16(13-8-5-9-13)21(15)14(17(20)22)10-12-6-3-2-4-7-12/h2-4,6-7,13-14H,5,8-11H2,1H3/t14-/m0/s1. The van der Waals surface area contributed by atoms with Crippen molar-refractivity contribution >= 4 is 5.91 Å². The van der Waals surface area contributed by atoms with E-state index in [4.69, 9.17) is 0 Å². The van der Waals surface area contributed by atoms with Crippen molar-refractivity contribution in [2.75, 3.05) is 7.05 Å². The van der Waals surface area contributed by atoms with Gasteiger partial charge in [-0.2, -0.15) is 0 Å². The molecule has 0 N–H and O–H groups in total. The molecule has 1 aliphatic carbocycles. The van der Waals surface area contributed by atoms with Gasteiger partial charge in [0.25, 0.3) is 0 Å². The highest BCUT2D eigenvalue weighted by atomic mass is 16.2. The number of benzene rings is 1. The summed E-state index contributed by atoms with van der Waals surface area (Å²) in [5.41, 5.74) is 1.18. The maximum atomic E-state index is 12.7. The van der Waals surface area contributed by atoms with Gasteiger partial charge in [-0.05, 0) is 18.4 Å². The van der Waals surface area contributed by atoms with Crippen molar-refractivity contribution in [2.45, 2.75) is 44.2 Å². The largest absolute Gasteiger partial charge is 0.336 e. The van der Waals surface area contributed by atoms with Crippen molar-refractivity contribution < 1.29 is 4.79 Å². The molecule has 0 spiro atoms. The Balaban J connectivity index is 1.73. The van der Waals surface area contributed by atoms with Gasteiger partial charge in [0, 0.05) is 19.4 Å². The number of aromatic nitrogens is 3. The normalized spacial score (nSPS) is 21.6. The second-order valence-electron chi connectivity index (χ2n) is 6.37. The number of nitrogens with zero attached hydrogens (tertiary/aromatic N) is 4. The van der Waals surface area contributed by atoms with Crippen molar-refractivity contribution in [1.29, 1.82) is 0 Å². The lowest BCUT2D eigenvalue weighted by molar-refractivity contribution is -0.136. The van der Waals surface area contributed by atoms with E-state index >= 15 is 0 Å². The van der Waals surface area contributed by atoms with Crippen LogP contribution < -0.4 is 0 Å².